The summed E-state index contributed by atoms with van der Waals surface area (Å²) in [6.07, 6.45) is 4.28. The average Bonchev–Trinajstić information content (AvgIpc) is 3.05. The maximum Gasteiger partial charge on any atom is 0.234 e. The van der Waals surface area contributed by atoms with Gasteiger partial charge in [-0.3, -0.25) is 14.5 Å². The van der Waals surface area contributed by atoms with Gasteiger partial charge in [-0.2, -0.15) is 0 Å². The second-order valence-corrected chi connectivity index (χ2v) is 6.64. The van der Waals surface area contributed by atoms with Crippen LogP contribution < -0.4 is 10.2 Å². The topological polar surface area (TPSA) is 68.8 Å². The second kappa shape index (κ2) is 8.80. The smallest absolute Gasteiger partial charge is 0.234 e. The van der Waals surface area contributed by atoms with Crippen molar-refractivity contribution >= 4 is 17.6 Å². The molecule has 0 unspecified atom stereocenters. The summed E-state index contributed by atoms with van der Waals surface area (Å²) in [4.78, 5) is 34.3. The molecule has 1 aromatic heterocycles. The molecular formula is C18H27N5O2. The van der Waals surface area contributed by atoms with E-state index in [2.05, 4.69) is 20.1 Å². The molecule has 1 N–H and O–H groups in total. The molecule has 2 amide bonds. The lowest BCUT2D eigenvalue weighted by Crippen LogP contribution is -2.49. The van der Waals surface area contributed by atoms with Crippen LogP contribution in [0.5, 0.6) is 0 Å². The van der Waals surface area contributed by atoms with Crippen molar-refractivity contribution in [3.05, 3.63) is 24.4 Å². The van der Waals surface area contributed by atoms with Crippen molar-refractivity contribution in [2.45, 2.75) is 19.3 Å². The van der Waals surface area contributed by atoms with Crippen LogP contribution in [0.25, 0.3) is 0 Å². The Hall–Kier alpha value is -2.15. The lowest BCUT2D eigenvalue weighted by atomic mass is 10.3. The zero-order valence-electron chi connectivity index (χ0n) is 14.7. The molecule has 0 radical (unpaired) electrons. The van der Waals surface area contributed by atoms with Crippen molar-refractivity contribution in [3.63, 3.8) is 0 Å². The maximum atomic E-state index is 12.1. The van der Waals surface area contributed by atoms with E-state index < -0.39 is 0 Å². The van der Waals surface area contributed by atoms with Crippen molar-refractivity contribution in [2.75, 3.05) is 57.3 Å². The van der Waals surface area contributed by atoms with Gasteiger partial charge in [-0.25, -0.2) is 4.98 Å². The molecule has 0 bridgehead atoms. The molecule has 25 heavy (non-hydrogen) atoms. The summed E-state index contributed by atoms with van der Waals surface area (Å²) in [5, 5.41) is 2.97. The van der Waals surface area contributed by atoms with E-state index in [1.54, 1.807) is 0 Å². The Labute approximate surface area is 149 Å². The number of amides is 2. The van der Waals surface area contributed by atoms with Gasteiger partial charge in [0.1, 0.15) is 5.82 Å². The Morgan fingerprint density at radius 3 is 2.68 bits per heavy atom. The Morgan fingerprint density at radius 1 is 1.16 bits per heavy atom. The van der Waals surface area contributed by atoms with Crippen LogP contribution >= 0.6 is 0 Å². The summed E-state index contributed by atoms with van der Waals surface area (Å²) >= 11 is 0. The summed E-state index contributed by atoms with van der Waals surface area (Å²) < 4.78 is 0. The first-order valence-electron chi connectivity index (χ1n) is 9.15. The first-order chi connectivity index (χ1) is 12.2. The molecule has 2 aliphatic heterocycles. The molecule has 3 heterocycles. The van der Waals surface area contributed by atoms with Crippen molar-refractivity contribution in [1.82, 2.24) is 20.1 Å². The number of nitrogens with one attached hydrogen (secondary N) is 1. The van der Waals surface area contributed by atoms with Gasteiger partial charge in [0, 0.05) is 58.4 Å². The monoisotopic (exact) mass is 345 g/mol. The third kappa shape index (κ3) is 5.16. The van der Waals surface area contributed by atoms with Crippen LogP contribution in [-0.4, -0.2) is 79.0 Å². The van der Waals surface area contributed by atoms with Gasteiger partial charge >= 0.3 is 0 Å². The third-order valence-corrected chi connectivity index (χ3v) is 4.81. The Bertz CT molecular complexity index is 572. The minimum absolute atomic E-state index is 0.0686. The zero-order chi connectivity index (χ0) is 17.5. The highest BCUT2D eigenvalue weighted by atomic mass is 16.2. The maximum absolute atomic E-state index is 12.1. The Balaban J connectivity index is 1.29. The molecule has 2 aliphatic rings. The summed E-state index contributed by atoms with van der Waals surface area (Å²) in [5.74, 6) is 1.32. The van der Waals surface area contributed by atoms with Gasteiger partial charge in [0.2, 0.25) is 11.8 Å². The molecule has 7 nitrogen and oxygen atoms in total. The van der Waals surface area contributed by atoms with E-state index in [9.17, 15) is 9.59 Å². The van der Waals surface area contributed by atoms with E-state index in [4.69, 9.17) is 0 Å². The summed E-state index contributed by atoms with van der Waals surface area (Å²) in [7, 11) is 0. The van der Waals surface area contributed by atoms with Crippen molar-refractivity contribution in [3.8, 4) is 0 Å². The molecule has 1 aromatic rings. The second-order valence-electron chi connectivity index (χ2n) is 6.64. The highest BCUT2D eigenvalue weighted by Gasteiger charge is 2.20. The van der Waals surface area contributed by atoms with E-state index >= 15 is 0 Å². The predicted molar refractivity (Wildman–Crippen MR) is 96.3 cm³/mol. The van der Waals surface area contributed by atoms with Crippen molar-refractivity contribution < 1.29 is 9.59 Å². The first kappa shape index (κ1) is 17.7. The number of aromatic nitrogens is 1. The third-order valence-electron chi connectivity index (χ3n) is 4.81. The first-order valence-corrected chi connectivity index (χ1v) is 9.15. The van der Waals surface area contributed by atoms with E-state index in [0.29, 0.717) is 19.5 Å². The number of carbonyl (C=O) groups is 2. The molecule has 0 atom stereocenters. The largest absolute Gasteiger partial charge is 0.355 e. The summed E-state index contributed by atoms with van der Waals surface area (Å²) in [6.45, 7) is 6.21. The van der Waals surface area contributed by atoms with E-state index in [-0.39, 0.29) is 11.8 Å². The van der Waals surface area contributed by atoms with Crippen molar-refractivity contribution in [2.24, 2.45) is 0 Å². The van der Waals surface area contributed by atoms with Gasteiger partial charge in [0.05, 0.1) is 6.54 Å². The molecule has 0 spiro atoms. The van der Waals surface area contributed by atoms with Crippen LogP contribution in [0.1, 0.15) is 19.3 Å². The number of anilines is 1. The van der Waals surface area contributed by atoms with Crippen LogP contribution in [-0.2, 0) is 9.59 Å². The number of pyridine rings is 1. The molecule has 0 saturated carbocycles. The lowest BCUT2D eigenvalue weighted by molar-refractivity contribution is -0.127. The van der Waals surface area contributed by atoms with Gasteiger partial charge in [-0.05, 0) is 25.0 Å². The molecule has 2 fully saturated rings. The van der Waals surface area contributed by atoms with Gasteiger partial charge in [0.15, 0.2) is 0 Å². The molecule has 0 aromatic carbocycles. The molecular weight excluding hydrogens is 318 g/mol. The zero-order valence-corrected chi connectivity index (χ0v) is 14.7. The standard InChI is InChI=1S/C18H27N5O2/c24-17(20-8-4-10-23-9-3-6-18(23)25)15-21-11-13-22(14-12-21)16-5-1-2-7-19-16/h1-2,5,7H,3-4,6,8-15H2,(H,20,24). The van der Waals surface area contributed by atoms with Gasteiger partial charge in [0.25, 0.3) is 0 Å². The van der Waals surface area contributed by atoms with Crippen LogP contribution in [0.15, 0.2) is 24.4 Å². The predicted octanol–water partition coefficient (Wildman–Crippen LogP) is 0.332. The fraction of sp³-hybridized carbons (Fsp3) is 0.611. The number of rotatable bonds is 7. The average molecular weight is 345 g/mol. The highest BCUT2D eigenvalue weighted by Crippen LogP contribution is 2.12. The van der Waals surface area contributed by atoms with Crippen molar-refractivity contribution in [1.29, 1.82) is 0 Å². The molecule has 7 heteroatoms. The Morgan fingerprint density at radius 2 is 2.00 bits per heavy atom. The van der Waals surface area contributed by atoms with Crippen LogP contribution in [0.3, 0.4) is 0 Å². The minimum atomic E-state index is 0.0686. The van der Waals surface area contributed by atoms with Crippen LogP contribution in [0.2, 0.25) is 0 Å². The SMILES string of the molecule is O=C(CN1CCN(c2ccccn2)CC1)NCCCN1CCCC1=O. The number of carbonyl (C=O) groups excluding carboxylic acids is 2. The summed E-state index contributed by atoms with van der Waals surface area (Å²) in [5.41, 5.74) is 0. The van der Waals surface area contributed by atoms with E-state index in [1.807, 2.05) is 29.3 Å². The molecule has 136 valence electrons. The number of nitrogens with zero attached hydrogens (tertiary/aromatic N) is 4. The number of hydrogen-bond donors (Lipinski definition) is 1. The van der Waals surface area contributed by atoms with E-state index in [0.717, 1.165) is 57.9 Å². The van der Waals surface area contributed by atoms with Gasteiger partial charge in [-0.1, -0.05) is 6.07 Å². The number of piperazine rings is 1. The summed E-state index contributed by atoms with van der Waals surface area (Å²) in [6, 6.07) is 5.94. The van der Waals surface area contributed by atoms with Gasteiger partial charge < -0.3 is 15.1 Å². The fourth-order valence-corrected chi connectivity index (χ4v) is 3.37. The highest BCUT2D eigenvalue weighted by molar-refractivity contribution is 5.78. The molecule has 3 rings (SSSR count). The van der Waals surface area contributed by atoms with Crippen LogP contribution in [0.4, 0.5) is 5.82 Å². The fourth-order valence-electron chi connectivity index (χ4n) is 3.37. The Kier molecular flexibility index (Phi) is 6.22. The van der Waals surface area contributed by atoms with Crippen LogP contribution in [0, 0.1) is 0 Å². The van der Waals surface area contributed by atoms with Gasteiger partial charge in [-0.15, -0.1) is 0 Å². The lowest BCUT2D eigenvalue weighted by Gasteiger charge is -2.34. The molecule has 2 saturated heterocycles. The quantitative estimate of drug-likeness (QED) is 0.722. The number of hydrogen-bond acceptors (Lipinski definition) is 5. The normalized spacial score (nSPS) is 18.6. The minimum Gasteiger partial charge on any atom is -0.355 e. The molecule has 0 aliphatic carbocycles. The number of likely N-dealkylation sites (tertiary alicyclic amines) is 1. The van der Waals surface area contributed by atoms with E-state index in [1.165, 1.54) is 0 Å².